The highest BCUT2D eigenvalue weighted by Gasteiger charge is 2.02. The SMILES string of the molecule is C#Cc1cccc2cc(N)cc(C)c12. The summed E-state index contributed by atoms with van der Waals surface area (Å²) in [6.45, 7) is 2.03. The number of fused-ring (bicyclic) bond motifs is 1. The van der Waals surface area contributed by atoms with Crippen molar-refractivity contribution in [1.82, 2.24) is 0 Å². The predicted molar refractivity (Wildman–Crippen MR) is 61.0 cm³/mol. The highest BCUT2D eigenvalue weighted by atomic mass is 14.5. The second-order valence-electron chi connectivity index (χ2n) is 3.39. The average molecular weight is 181 g/mol. The molecular weight excluding hydrogens is 170 g/mol. The van der Waals surface area contributed by atoms with Gasteiger partial charge in [0.2, 0.25) is 0 Å². The number of aryl methyl sites for hydroxylation is 1. The number of hydrogen-bond acceptors (Lipinski definition) is 1. The minimum Gasteiger partial charge on any atom is -0.399 e. The Labute approximate surface area is 83.5 Å². The molecule has 0 unspecified atom stereocenters. The number of nitrogen functional groups attached to an aromatic ring is 1. The van der Waals surface area contributed by atoms with E-state index in [-0.39, 0.29) is 0 Å². The summed E-state index contributed by atoms with van der Waals surface area (Å²) in [5.41, 5.74) is 8.61. The van der Waals surface area contributed by atoms with E-state index in [2.05, 4.69) is 5.92 Å². The highest BCUT2D eigenvalue weighted by Crippen LogP contribution is 2.24. The molecule has 0 aliphatic rings. The maximum Gasteiger partial charge on any atom is 0.0323 e. The zero-order valence-electron chi connectivity index (χ0n) is 8.04. The first kappa shape index (κ1) is 8.65. The van der Waals surface area contributed by atoms with E-state index in [1.807, 2.05) is 37.3 Å². The van der Waals surface area contributed by atoms with Gasteiger partial charge in [0.25, 0.3) is 0 Å². The lowest BCUT2D eigenvalue weighted by Crippen LogP contribution is -1.89. The molecule has 14 heavy (non-hydrogen) atoms. The van der Waals surface area contributed by atoms with Crippen LogP contribution < -0.4 is 5.73 Å². The van der Waals surface area contributed by atoms with Gasteiger partial charge in [0, 0.05) is 16.6 Å². The van der Waals surface area contributed by atoms with Gasteiger partial charge in [-0.2, -0.15) is 0 Å². The average Bonchev–Trinajstić information content (AvgIpc) is 2.16. The van der Waals surface area contributed by atoms with E-state index in [1.54, 1.807) is 0 Å². The molecule has 0 aliphatic carbocycles. The van der Waals surface area contributed by atoms with Crippen LogP contribution in [0.3, 0.4) is 0 Å². The fourth-order valence-electron chi connectivity index (χ4n) is 1.79. The monoisotopic (exact) mass is 181 g/mol. The van der Waals surface area contributed by atoms with Gasteiger partial charge in [-0.15, -0.1) is 6.42 Å². The normalized spacial score (nSPS) is 10.0. The molecule has 0 heterocycles. The Morgan fingerprint density at radius 2 is 2.07 bits per heavy atom. The van der Waals surface area contributed by atoms with Crippen LogP contribution >= 0.6 is 0 Å². The summed E-state index contributed by atoms with van der Waals surface area (Å²) in [5.74, 6) is 2.69. The number of rotatable bonds is 0. The zero-order chi connectivity index (χ0) is 10.1. The molecule has 0 aromatic heterocycles. The molecule has 1 heteroatoms. The molecule has 2 aromatic rings. The van der Waals surface area contributed by atoms with Crippen molar-refractivity contribution in [1.29, 1.82) is 0 Å². The molecule has 68 valence electrons. The van der Waals surface area contributed by atoms with E-state index in [4.69, 9.17) is 12.2 Å². The van der Waals surface area contributed by atoms with Crippen LogP contribution in [0.5, 0.6) is 0 Å². The van der Waals surface area contributed by atoms with Crippen molar-refractivity contribution in [3.63, 3.8) is 0 Å². The van der Waals surface area contributed by atoms with Crippen molar-refractivity contribution in [2.75, 3.05) is 5.73 Å². The van der Waals surface area contributed by atoms with E-state index in [0.29, 0.717) is 0 Å². The second-order valence-corrected chi connectivity index (χ2v) is 3.39. The quantitative estimate of drug-likeness (QED) is 0.491. The summed E-state index contributed by atoms with van der Waals surface area (Å²) in [4.78, 5) is 0. The molecule has 0 aliphatic heterocycles. The number of benzene rings is 2. The van der Waals surface area contributed by atoms with E-state index >= 15 is 0 Å². The van der Waals surface area contributed by atoms with Crippen LogP contribution in [-0.2, 0) is 0 Å². The highest BCUT2D eigenvalue weighted by molar-refractivity contribution is 5.93. The number of anilines is 1. The zero-order valence-corrected chi connectivity index (χ0v) is 8.04. The van der Waals surface area contributed by atoms with Crippen LogP contribution in [0.15, 0.2) is 30.3 Å². The van der Waals surface area contributed by atoms with Gasteiger partial charge in [0.15, 0.2) is 0 Å². The summed E-state index contributed by atoms with van der Waals surface area (Å²) < 4.78 is 0. The molecule has 2 N–H and O–H groups in total. The van der Waals surface area contributed by atoms with Gasteiger partial charge in [-0.1, -0.05) is 18.1 Å². The first-order valence-electron chi connectivity index (χ1n) is 4.48. The fraction of sp³-hybridized carbons (Fsp3) is 0.0769. The van der Waals surface area contributed by atoms with Crippen LogP contribution in [0.4, 0.5) is 5.69 Å². The van der Waals surface area contributed by atoms with E-state index < -0.39 is 0 Å². The smallest absolute Gasteiger partial charge is 0.0323 e. The predicted octanol–water partition coefficient (Wildman–Crippen LogP) is 2.71. The Kier molecular flexibility index (Phi) is 1.90. The van der Waals surface area contributed by atoms with Crippen LogP contribution in [0, 0.1) is 19.3 Å². The molecule has 0 radical (unpaired) electrons. The Bertz CT molecular complexity index is 533. The van der Waals surface area contributed by atoms with Gasteiger partial charge in [-0.05, 0) is 36.1 Å². The molecule has 2 rings (SSSR count). The lowest BCUT2D eigenvalue weighted by Gasteiger charge is -2.06. The maximum absolute atomic E-state index is 5.76. The van der Waals surface area contributed by atoms with Crippen LogP contribution in [0.1, 0.15) is 11.1 Å². The molecule has 0 bridgehead atoms. The van der Waals surface area contributed by atoms with E-state index in [1.165, 1.54) is 0 Å². The lowest BCUT2D eigenvalue weighted by molar-refractivity contribution is 1.52. The molecule has 2 aromatic carbocycles. The minimum atomic E-state index is 0.782. The molecule has 0 spiro atoms. The largest absolute Gasteiger partial charge is 0.399 e. The first-order valence-corrected chi connectivity index (χ1v) is 4.48. The van der Waals surface area contributed by atoms with Gasteiger partial charge < -0.3 is 5.73 Å². The first-order chi connectivity index (χ1) is 6.72. The molecule has 1 nitrogen and oxygen atoms in total. The van der Waals surface area contributed by atoms with Crippen molar-refractivity contribution in [3.8, 4) is 12.3 Å². The fourth-order valence-corrected chi connectivity index (χ4v) is 1.79. The van der Waals surface area contributed by atoms with Crippen molar-refractivity contribution < 1.29 is 0 Å². The van der Waals surface area contributed by atoms with Gasteiger partial charge in [0.05, 0.1) is 0 Å². The van der Waals surface area contributed by atoms with Gasteiger partial charge in [-0.25, -0.2) is 0 Å². The minimum absolute atomic E-state index is 0.782. The summed E-state index contributed by atoms with van der Waals surface area (Å²) in [7, 11) is 0. The van der Waals surface area contributed by atoms with Crippen molar-refractivity contribution >= 4 is 16.5 Å². The molecular formula is C13H11N. The van der Waals surface area contributed by atoms with Crippen molar-refractivity contribution in [2.24, 2.45) is 0 Å². The van der Waals surface area contributed by atoms with Crippen LogP contribution in [0.25, 0.3) is 10.8 Å². The van der Waals surface area contributed by atoms with Crippen LogP contribution in [0.2, 0.25) is 0 Å². The summed E-state index contributed by atoms with van der Waals surface area (Å²) >= 11 is 0. The van der Waals surface area contributed by atoms with Crippen molar-refractivity contribution in [2.45, 2.75) is 6.92 Å². The molecule has 0 saturated heterocycles. The van der Waals surface area contributed by atoms with Gasteiger partial charge in [0.1, 0.15) is 0 Å². The standard InChI is InChI=1S/C13H11N/c1-3-10-5-4-6-11-8-12(14)7-9(2)13(10)11/h1,4-8H,14H2,2H3. The van der Waals surface area contributed by atoms with Gasteiger partial charge >= 0.3 is 0 Å². The third-order valence-corrected chi connectivity index (χ3v) is 2.35. The Morgan fingerprint density at radius 1 is 1.29 bits per heavy atom. The number of hydrogen-bond donors (Lipinski definition) is 1. The Hall–Kier alpha value is -1.94. The van der Waals surface area contributed by atoms with Crippen molar-refractivity contribution in [3.05, 3.63) is 41.5 Å². The third-order valence-electron chi connectivity index (χ3n) is 2.35. The Morgan fingerprint density at radius 3 is 2.79 bits per heavy atom. The topological polar surface area (TPSA) is 26.0 Å². The molecule has 0 amide bonds. The molecule has 0 atom stereocenters. The van der Waals surface area contributed by atoms with Gasteiger partial charge in [-0.3, -0.25) is 0 Å². The molecule has 0 fully saturated rings. The summed E-state index contributed by atoms with van der Waals surface area (Å²) in [5, 5.41) is 2.24. The maximum atomic E-state index is 5.76. The lowest BCUT2D eigenvalue weighted by atomic mass is 10.00. The summed E-state index contributed by atoms with van der Waals surface area (Å²) in [6.07, 6.45) is 5.44. The van der Waals surface area contributed by atoms with E-state index in [0.717, 1.165) is 27.6 Å². The second kappa shape index (κ2) is 3.08. The molecule has 0 saturated carbocycles. The summed E-state index contributed by atoms with van der Waals surface area (Å²) in [6, 6.07) is 9.83. The third kappa shape index (κ3) is 1.22. The number of nitrogens with two attached hydrogens (primary N) is 1. The van der Waals surface area contributed by atoms with Crippen LogP contribution in [-0.4, -0.2) is 0 Å². The van der Waals surface area contributed by atoms with E-state index in [9.17, 15) is 0 Å². The number of terminal acetylenes is 1. The Balaban J connectivity index is 2.96.